The molecule has 1 amide bonds. The minimum Gasteiger partial charge on any atom is -0.388 e. The summed E-state index contributed by atoms with van der Waals surface area (Å²) in [5.41, 5.74) is -0.719. The first kappa shape index (κ1) is 16.3. The zero-order valence-corrected chi connectivity index (χ0v) is 12.8. The number of amides is 1. The van der Waals surface area contributed by atoms with Crippen LogP contribution >= 0.6 is 23.2 Å². The molecule has 0 aliphatic carbocycles. The minimum atomic E-state index is -0.960. The molecule has 3 nitrogen and oxygen atoms in total. The fraction of sp³-hybridized carbons (Fsp3) is 0.500. The number of carbonyl (C=O) groups is 1. The van der Waals surface area contributed by atoms with Gasteiger partial charge >= 0.3 is 0 Å². The Labute approximate surface area is 123 Å². The van der Waals surface area contributed by atoms with Gasteiger partial charge in [0.25, 0.3) is 5.91 Å². The van der Waals surface area contributed by atoms with Gasteiger partial charge in [-0.15, -0.1) is 0 Å². The quantitative estimate of drug-likeness (QED) is 0.874. The van der Waals surface area contributed by atoms with Crippen LogP contribution in [0.1, 0.15) is 37.6 Å². The standard InChI is InChI=1S/C14H19Cl2NO2/c1-4-9(2)14(3,19)8-17-13(18)12-10(15)6-5-7-11(12)16/h5-7,9,19H,4,8H2,1-3H3,(H,17,18). The van der Waals surface area contributed by atoms with E-state index in [1.54, 1.807) is 25.1 Å². The molecular formula is C14H19Cl2NO2. The Bertz CT molecular complexity index is 441. The number of hydrogen-bond acceptors (Lipinski definition) is 2. The molecule has 2 N–H and O–H groups in total. The van der Waals surface area contributed by atoms with Crippen molar-refractivity contribution in [3.05, 3.63) is 33.8 Å². The number of aliphatic hydroxyl groups is 1. The van der Waals surface area contributed by atoms with Crippen molar-refractivity contribution in [2.75, 3.05) is 6.54 Å². The zero-order chi connectivity index (χ0) is 14.6. The van der Waals surface area contributed by atoms with Gasteiger partial charge in [0.15, 0.2) is 0 Å². The predicted molar refractivity (Wildman–Crippen MR) is 78.9 cm³/mol. The number of halogens is 2. The summed E-state index contributed by atoms with van der Waals surface area (Å²) in [5.74, 6) is -0.298. The first-order valence-corrected chi connectivity index (χ1v) is 6.99. The van der Waals surface area contributed by atoms with Crippen LogP contribution in [0.5, 0.6) is 0 Å². The Morgan fingerprint density at radius 3 is 2.42 bits per heavy atom. The van der Waals surface area contributed by atoms with E-state index in [1.807, 2.05) is 13.8 Å². The summed E-state index contributed by atoms with van der Waals surface area (Å²) < 4.78 is 0. The van der Waals surface area contributed by atoms with Gasteiger partial charge in [-0.3, -0.25) is 4.79 Å². The molecule has 0 bridgehead atoms. The average Bonchev–Trinajstić information content (AvgIpc) is 2.35. The first-order valence-electron chi connectivity index (χ1n) is 6.24. The van der Waals surface area contributed by atoms with Gasteiger partial charge in [-0.1, -0.05) is 49.5 Å². The van der Waals surface area contributed by atoms with Crippen LogP contribution in [-0.2, 0) is 0 Å². The van der Waals surface area contributed by atoms with Gasteiger partial charge in [0, 0.05) is 6.54 Å². The van der Waals surface area contributed by atoms with Gasteiger partial charge < -0.3 is 10.4 Å². The van der Waals surface area contributed by atoms with Crippen LogP contribution < -0.4 is 5.32 Å². The number of carbonyl (C=O) groups excluding carboxylic acids is 1. The van der Waals surface area contributed by atoms with E-state index in [1.165, 1.54) is 0 Å². The van der Waals surface area contributed by atoms with Crippen LogP contribution in [0.4, 0.5) is 0 Å². The molecular weight excluding hydrogens is 285 g/mol. The molecule has 5 heteroatoms. The minimum absolute atomic E-state index is 0.0783. The highest BCUT2D eigenvalue weighted by atomic mass is 35.5. The van der Waals surface area contributed by atoms with E-state index in [0.29, 0.717) is 10.0 Å². The second-order valence-corrected chi connectivity index (χ2v) is 5.76. The third kappa shape index (κ3) is 4.10. The predicted octanol–water partition coefficient (Wildman–Crippen LogP) is 3.52. The fourth-order valence-corrected chi connectivity index (χ4v) is 2.25. The van der Waals surface area contributed by atoms with E-state index in [4.69, 9.17) is 23.2 Å². The molecule has 1 aromatic rings. The molecule has 0 heterocycles. The Morgan fingerprint density at radius 1 is 1.42 bits per heavy atom. The molecule has 0 aliphatic heterocycles. The van der Waals surface area contributed by atoms with Crippen molar-refractivity contribution in [3.8, 4) is 0 Å². The maximum atomic E-state index is 12.1. The highest BCUT2D eigenvalue weighted by molar-refractivity contribution is 6.39. The van der Waals surface area contributed by atoms with Crippen LogP contribution in [0.3, 0.4) is 0 Å². The van der Waals surface area contributed by atoms with Gasteiger partial charge in [-0.05, 0) is 25.0 Å². The van der Waals surface area contributed by atoms with Crippen molar-refractivity contribution < 1.29 is 9.90 Å². The molecule has 0 aromatic heterocycles. The average molecular weight is 304 g/mol. The number of hydrogen-bond donors (Lipinski definition) is 2. The molecule has 0 fully saturated rings. The van der Waals surface area contributed by atoms with Crippen molar-refractivity contribution in [3.63, 3.8) is 0 Å². The largest absolute Gasteiger partial charge is 0.388 e. The third-order valence-corrected chi connectivity index (χ3v) is 4.10. The van der Waals surface area contributed by atoms with Crippen LogP contribution in [0.25, 0.3) is 0 Å². The summed E-state index contributed by atoms with van der Waals surface area (Å²) in [6, 6.07) is 4.89. The highest BCUT2D eigenvalue weighted by Crippen LogP contribution is 2.24. The molecule has 0 saturated heterocycles. The SMILES string of the molecule is CCC(C)C(C)(O)CNC(=O)c1c(Cl)cccc1Cl. The Kier molecular flexibility index (Phi) is 5.65. The van der Waals surface area contributed by atoms with E-state index in [-0.39, 0.29) is 23.9 Å². The molecule has 0 aliphatic rings. The molecule has 1 rings (SSSR count). The Balaban J connectivity index is 2.76. The summed E-state index contributed by atoms with van der Waals surface area (Å²) in [6.45, 7) is 5.79. The second kappa shape index (κ2) is 6.60. The lowest BCUT2D eigenvalue weighted by atomic mass is 9.88. The van der Waals surface area contributed by atoms with Crippen molar-refractivity contribution in [2.45, 2.75) is 32.8 Å². The summed E-state index contributed by atoms with van der Waals surface area (Å²) >= 11 is 11.9. The molecule has 19 heavy (non-hydrogen) atoms. The van der Waals surface area contributed by atoms with Crippen molar-refractivity contribution in [2.24, 2.45) is 5.92 Å². The molecule has 2 unspecified atom stereocenters. The van der Waals surface area contributed by atoms with Gasteiger partial charge in [0.2, 0.25) is 0 Å². The number of rotatable bonds is 5. The van der Waals surface area contributed by atoms with E-state index in [0.717, 1.165) is 6.42 Å². The first-order chi connectivity index (χ1) is 8.79. The summed E-state index contributed by atoms with van der Waals surface area (Å²) in [7, 11) is 0. The fourth-order valence-electron chi connectivity index (χ4n) is 1.68. The van der Waals surface area contributed by atoms with Gasteiger partial charge in [-0.25, -0.2) is 0 Å². The van der Waals surface area contributed by atoms with Gasteiger partial charge in [-0.2, -0.15) is 0 Å². The Hall–Kier alpha value is -0.770. The molecule has 106 valence electrons. The monoisotopic (exact) mass is 303 g/mol. The maximum Gasteiger partial charge on any atom is 0.254 e. The zero-order valence-electron chi connectivity index (χ0n) is 11.3. The van der Waals surface area contributed by atoms with Crippen molar-refractivity contribution in [1.29, 1.82) is 0 Å². The highest BCUT2D eigenvalue weighted by Gasteiger charge is 2.28. The lowest BCUT2D eigenvalue weighted by Gasteiger charge is -2.29. The normalized spacial score (nSPS) is 15.7. The second-order valence-electron chi connectivity index (χ2n) is 4.95. The molecule has 1 aromatic carbocycles. The van der Waals surface area contributed by atoms with E-state index in [9.17, 15) is 9.90 Å². The van der Waals surface area contributed by atoms with Crippen LogP contribution in [-0.4, -0.2) is 23.2 Å². The molecule has 0 radical (unpaired) electrons. The van der Waals surface area contributed by atoms with Crippen molar-refractivity contribution >= 4 is 29.1 Å². The van der Waals surface area contributed by atoms with E-state index in [2.05, 4.69) is 5.32 Å². The smallest absolute Gasteiger partial charge is 0.254 e. The number of benzene rings is 1. The summed E-state index contributed by atoms with van der Waals surface area (Å²) in [5, 5.41) is 13.5. The summed E-state index contributed by atoms with van der Waals surface area (Å²) in [4.78, 5) is 12.1. The molecule has 2 atom stereocenters. The lowest BCUT2D eigenvalue weighted by molar-refractivity contribution is 0.00593. The van der Waals surface area contributed by atoms with Gasteiger partial charge in [0.1, 0.15) is 0 Å². The maximum absolute atomic E-state index is 12.1. The summed E-state index contributed by atoms with van der Waals surface area (Å²) in [6.07, 6.45) is 0.829. The third-order valence-electron chi connectivity index (χ3n) is 3.47. The topological polar surface area (TPSA) is 49.3 Å². The van der Waals surface area contributed by atoms with Crippen LogP contribution in [0, 0.1) is 5.92 Å². The lowest BCUT2D eigenvalue weighted by Crippen LogP contribution is -2.45. The Morgan fingerprint density at radius 2 is 1.95 bits per heavy atom. The molecule has 0 saturated carbocycles. The van der Waals surface area contributed by atoms with Gasteiger partial charge in [0.05, 0.1) is 21.2 Å². The van der Waals surface area contributed by atoms with Crippen LogP contribution in [0.2, 0.25) is 10.0 Å². The van der Waals surface area contributed by atoms with Crippen LogP contribution in [0.15, 0.2) is 18.2 Å². The molecule has 0 spiro atoms. The number of nitrogens with one attached hydrogen (secondary N) is 1. The van der Waals surface area contributed by atoms with Crippen molar-refractivity contribution in [1.82, 2.24) is 5.32 Å². The van der Waals surface area contributed by atoms with E-state index >= 15 is 0 Å². The van der Waals surface area contributed by atoms with E-state index < -0.39 is 5.60 Å².